The summed E-state index contributed by atoms with van der Waals surface area (Å²) in [5.41, 5.74) is 2.54. The van der Waals surface area contributed by atoms with Crippen molar-refractivity contribution in [2.24, 2.45) is 0 Å². The number of hydrogen-bond donors (Lipinski definition) is 0. The molecule has 0 aromatic carbocycles. The third-order valence-electron chi connectivity index (χ3n) is 3.91. The number of aryl methyl sites for hydroxylation is 3. The Kier molecular flexibility index (Phi) is 3.29. The molecule has 0 N–H and O–H groups in total. The van der Waals surface area contributed by atoms with Crippen LogP contribution in [0.15, 0.2) is 10.7 Å². The maximum Gasteiger partial charge on any atom is 0.252 e. The van der Waals surface area contributed by atoms with Crippen LogP contribution in [0.3, 0.4) is 0 Å². The molecule has 0 fully saturated rings. The predicted molar refractivity (Wildman–Crippen MR) is 85.2 cm³/mol. The summed E-state index contributed by atoms with van der Waals surface area (Å²) < 4.78 is 5.47. The molecule has 0 saturated carbocycles. The fourth-order valence-electron chi connectivity index (χ4n) is 2.88. The second kappa shape index (κ2) is 5.31. The summed E-state index contributed by atoms with van der Waals surface area (Å²) in [6.45, 7) is 2.55. The van der Waals surface area contributed by atoms with Crippen LogP contribution in [0.25, 0.3) is 11.2 Å². The smallest absolute Gasteiger partial charge is 0.252 e. The van der Waals surface area contributed by atoms with Gasteiger partial charge in [-0.2, -0.15) is 4.98 Å². The normalized spacial score (nSPS) is 14.3. The zero-order chi connectivity index (χ0) is 15.1. The lowest BCUT2D eigenvalue weighted by Crippen LogP contribution is -2.18. The molecule has 3 aromatic rings. The Labute approximate surface area is 132 Å². The topological polar surface area (TPSA) is 67.9 Å². The van der Waals surface area contributed by atoms with Gasteiger partial charge in [-0.05, 0) is 25.7 Å². The quantitative estimate of drug-likeness (QED) is 0.740. The fourth-order valence-corrected chi connectivity index (χ4v) is 4.09. The van der Waals surface area contributed by atoms with Gasteiger partial charge in [0.2, 0.25) is 0 Å². The Morgan fingerprint density at radius 1 is 1.23 bits per heavy atom. The van der Waals surface area contributed by atoms with Gasteiger partial charge in [0.15, 0.2) is 17.2 Å². The summed E-state index contributed by atoms with van der Waals surface area (Å²) in [6.07, 6.45) is 6.37. The Morgan fingerprint density at radius 3 is 2.95 bits per heavy atom. The van der Waals surface area contributed by atoms with Gasteiger partial charge in [-0.3, -0.25) is 0 Å². The first-order valence-corrected chi connectivity index (χ1v) is 8.29. The highest BCUT2D eigenvalue weighted by atomic mass is 32.1. The van der Waals surface area contributed by atoms with E-state index in [0.717, 1.165) is 23.8 Å². The first-order chi connectivity index (χ1) is 10.7. The van der Waals surface area contributed by atoms with E-state index in [9.17, 15) is 0 Å². The van der Waals surface area contributed by atoms with Gasteiger partial charge >= 0.3 is 0 Å². The van der Waals surface area contributed by atoms with Crippen molar-refractivity contribution in [2.75, 3.05) is 11.9 Å². The van der Waals surface area contributed by atoms with Crippen LogP contribution in [-0.2, 0) is 19.4 Å². The molecule has 0 unspecified atom stereocenters. The van der Waals surface area contributed by atoms with E-state index in [2.05, 4.69) is 19.9 Å². The van der Waals surface area contributed by atoms with Crippen molar-refractivity contribution in [1.29, 1.82) is 0 Å². The zero-order valence-electron chi connectivity index (χ0n) is 12.7. The number of hydrogen-bond acceptors (Lipinski definition) is 7. The van der Waals surface area contributed by atoms with Gasteiger partial charge in [0.1, 0.15) is 11.3 Å². The maximum atomic E-state index is 5.47. The molecule has 6 nitrogen and oxygen atoms in total. The van der Waals surface area contributed by atoms with Gasteiger partial charge < -0.3 is 9.32 Å². The predicted octanol–water partition coefficient (Wildman–Crippen LogP) is 2.90. The largest absolute Gasteiger partial charge is 0.422 e. The molecule has 114 valence electrons. The lowest BCUT2D eigenvalue weighted by Gasteiger charge is -2.16. The van der Waals surface area contributed by atoms with Crippen LogP contribution in [0.4, 0.5) is 5.82 Å². The van der Waals surface area contributed by atoms with Gasteiger partial charge in [0, 0.05) is 18.8 Å². The average molecular weight is 315 g/mol. The van der Waals surface area contributed by atoms with Crippen molar-refractivity contribution in [2.45, 2.75) is 39.2 Å². The molecule has 0 spiro atoms. The van der Waals surface area contributed by atoms with Crippen molar-refractivity contribution >= 4 is 28.4 Å². The van der Waals surface area contributed by atoms with Gasteiger partial charge in [0.25, 0.3) is 5.71 Å². The maximum absolute atomic E-state index is 5.47. The standard InChI is InChI=1S/C15H17N5OS/c1-9-18-13-14(16-8-17-15(13)21-9)20(2)7-12-19-10-5-3-4-6-11(10)22-12/h8H,3-7H2,1-2H3. The van der Waals surface area contributed by atoms with Crippen LogP contribution in [0.5, 0.6) is 0 Å². The van der Waals surface area contributed by atoms with E-state index < -0.39 is 0 Å². The van der Waals surface area contributed by atoms with Gasteiger partial charge in [-0.25, -0.2) is 15.0 Å². The summed E-state index contributed by atoms with van der Waals surface area (Å²) in [4.78, 5) is 21.2. The molecule has 0 bridgehead atoms. The number of oxazole rings is 1. The van der Waals surface area contributed by atoms with Crippen LogP contribution in [0, 0.1) is 6.92 Å². The van der Waals surface area contributed by atoms with E-state index in [4.69, 9.17) is 9.40 Å². The number of rotatable bonds is 3. The molecule has 7 heteroatoms. The van der Waals surface area contributed by atoms with Crippen molar-refractivity contribution in [3.8, 4) is 0 Å². The van der Waals surface area contributed by atoms with E-state index in [1.807, 2.05) is 25.3 Å². The van der Waals surface area contributed by atoms with Crippen LogP contribution >= 0.6 is 11.3 Å². The zero-order valence-corrected chi connectivity index (χ0v) is 13.5. The minimum Gasteiger partial charge on any atom is -0.422 e. The lowest BCUT2D eigenvalue weighted by molar-refractivity contribution is 0.551. The minimum absolute atomic E-state index is 0.535. The number of anilines is 1. The molecule has 3 aromatic heterocycles. The molecule has 4 rings (SSSR count). The Balaban J connectivity index is 1.63. The SMILES string of the molecule is Cc1nc2c(N(C)Cc3nc4c(s3)CCCC4)ncnc2o1. The summed E-state index contributed by atoms with van der Waals surface area (Å²) in [6, 6.07) is 0. The lowest BCUT2D eigenvalue weighted by atomic mass is 10.0. The van der Waals surface area contributed by atoms with Crippen LogP contribution in [-0.4, -0.2) is 27.0 Å². The number of thiazole rings is 1. The first kappa shape index (κ1) is 13.6. The second-order valence-electron chi connectivity index (χ2n) is 5.62. The van der Waals surface area contributed by atoms with Gasteiger partial charge in [-0.1, -0.05) is 0 Å². The van der Waals surface area contributed by atoms with Crippen LogP contribution in [0.1, 0.15) is 34.3 Å². The molecule has 1 aliphatic rings. The van der Waals surface area contributed by atoms with E-state index in [-0.39, 0.29) is 0 Å². The third kappa shape index (κ3) is 2.35. The van der Waals surface area contributed by atoms with Gasteiger partial charge in [-0.15, -0.1) is 11.3 Å². The molecule has 0 aliphatic heterocycles. The van der Waals surface area contributed by atoms with E-state index in [1.165, 1.54) is 36.2 Å². The molecule has 0 atom stereocenters. The number of fused-ring (bicyclic) bond motifs is 2. The Hall–Kier alpha value is -2.02. The van der Waals surface area contributed by atoms with E-state index in [0.29, 0.717) is 17.1 Å². The molecular formula is C15H17N5OS. The fraction of sp³-hybridized carbons (Fsp3) is 0.467. The van der Waals surface area contributed by atoms with E-state index in [1.54, 1.807) is 0 Å². The number of nitrogens with zero attached hydrogens (tertiary/aromatic N) is 5. The highest BCUT2D eigenvalue weighted by molar-refractivity contribution is 7.11. The molecule has 0 saturated heterocycles. The van der Waals surface area contributed by atoms with Crippen molar-refractivity contribution in [3.05, 3.63) is 27.8 Å². The molecule has 0 amide bonds. The molecular weight excluding hydrogens is 298 g/mol. The van der Waals surface area contributed by atoms with Crippen LogP contribution in [0.2, 0.25) is 0 Å². The summed E-state index contributed by atoms with van der Waals surface area (Å²) in [5, 5.41) is 1.14. The number of aromatic nitrogens is 4. The highest BCUT2D eigenvalue weighted by Gasteiger charge is 2.18. The van der Waals surface area contributed by atoms with E-state index >= 15 is 0 Å². The van der Waals surface area contributed by atoms with Gasteiger partial charge in [0.05, 0.1) is 12.2 Å². The minimum atomic E-state index is 0.535. The second-order valence-corrected chi connectivity index (χ2v) is 6.79. The summed E-state index contributed by atoms with van der Waals surface area (Å²) in [7, 11) is 2.01. The van der Waals surface area contributed by atoms with Crippen molar-refractivity contribution in [1.82, 2.24) is 19.9 Å². The van der Waals surface area contributed by atoms with Crippen molar-refractivity contribution < 1.29 is 4.42 Å². The molecule has 3 heterocycles. The first-order valence-electron chi connectivity index (χ1n) is 7.47. The monoisotopic (exact) mass is 315 g/mol. The van der Waals surface area contributed by atoms with Crippen molar-refractivity contribution in [3.63, 3.8) is 0 Å². The third-order valence-corrected chi connectivity index (χ3v) is 5.05. The average Bonchev–Trinajstić information content (AvgIpc) is 3.07. The summed E-state index contributed by atoms with van der Waals surface area (Å²) >= 11 is 1.83. The highest BCUT2D eigenvalue weighted by Crippen LogP contribution is 2.29. The molecule has 0 radical (unpaired) electrons. The van der Waals surface area contributed by atoms with Crippen LogP contribution < -0.4 is 4.90 Å². The Bertz CT molecular complexity index is 801. The molecule has 22 heavy (non-hydrogen) atoms. The molecule has 1 aliphatic carbocycles. The summed E-state index contributed by atoms with van der Waals surface area (Å²) in [5.74, 6) is 1.39. The Morgan fingerprint density at radius 2 is 2.09 bits per heavy atom.